The molecular weight excluding hydrogens is 275 g/mol. The maximum absolute atomic E-state index is 6.41. The topological polar surface area (TPSA) is 9.23 Å². The van der Waals surface area contributed by atoms with Crippen molar-refractivity contribution < 1.29 is 4.74 Å². The van der Waals surface area contributed by atoms with E-state index in [-0.39, 0.29) is 10.8 Å². The molecule has 0 saturated carbocycles. The van der Waals surface area contributed by atoms with Crippen LogP contribution < -0.4 is 4.74 Å². The minimum atomic E-state index is -0.0159. The Morgan fingerprint density at radius 1 is 1.33 bits per heavy atom. The highest BCUT2D eigenvalue weighted by Gasteiger charge is 2.25. The van der Waals surface area contributed by atoms with Gasteiger partial charge in [-0.3, -0.25) is 0 Å². The zero-order chi connectivity index (χ0) is 11.6. The molecule has 0 fully saturated rings. The lowest BCUT2D eigenvalue weighted by molar-refractivity contribution is 0.393. The van der Waals surface area contributed by atoms with Crippen molar-refractivity contribution in [1.29, 1.82) is 0 Å². The second-order valence-electron chi connectivity index (χ2n) is 4.62. The Balaban J connectivity index is 3.06. The highest BCUT2D eigenvalue weighted by Crippen LogP contribution is 2.42. The van der Waals surface area contributed by atoms with Crippen LogP contribution in [0.3, 0.4) is 0 Å². The Bertz CT molecular complexity index is 344. The molecule has 0 aliphatic carbocycles. The summed E-state index contributed by atoms with van der Waals surface area (Å²) in [7, 11) is 1.66. The van der Waals surface area contributed by atoms with Crippen molar-refractivity contribution in [2.75, 3.05) is 7.11 Å². The normalized spacial score (nSPS) is 13.7. The summed E-state index contributed by atoms with van der Waals surface area (Å²) in [5, 5.41) is -0.0159. The van der Waals surface area contributed by atoms with Crippen LogP contribution in [0.25, 0.3) is 0 Å². The van der Waals surface area contributed by atoms with Gasteiger partial charge in [-0.15, -0.1) is 11.6 Å². The van der Waals surface area contributed by atoms with E-state index < -0.39 is 0 Å². The van der Waals surface area contributed by atoms with Gasteiger partial charge in [0, 0.05) is 4.47 Å². The fourth-order valence-corrected chi connectivity index (χ4v) is 2.22. The fraction of sp³-hybridized carbons (Fsp3) is 0.500. The molecule has 1 aromatic rings. The van der Waals surface area contributed by atoms with E-state index in [0.717, 1.165) is 15.8 Å². The standard InChI is InChI=1S/C12H16BrClO/c1-12(2,3)11(14)9-6-5-8(15-4)7-10(9)13/h5-7,11H,1-4H3. The van der Waals surface area contributed by atoms with Gasteiger partial charge in [-0.25, -0.2) is 0 Å². The molecule has 1 nitrogen and oxygen atoms in total. The minimum Gasteiger partial charge on any atom is -0.497 e. The number of rotatable bonds is 2. The first-order valence-corrected chi connectivity index (χ1v) is 6.06. The van der Waals surface area contributed by atoms with Gasteiger partial charge in [-0.1, -0.05) is 42.8 Å². The maximum Gasteiger partial charge on any atom is 0.120 e. The number of ether oxygens (including phenoxy) is 1. The van der Waals surface area contributed by atoms with Crippen LogP contribution in [0.1, 0.15) is 31.7 Å². The van der Waals surface area contributed by atoms with Crippen molar-refractivity contribution >= 4 is 27.5 Å². The van der Waals surface area contributed by atoms with Crippen LogP contribution in [0, 0.1) is 5.41 Å². The monoisotopic (exact) mass is 290 g/mol. The molecule has 1 atom stereocenters. The van der Waals surface area contributed by atoms with Gasteiger partial charge in [0.1, 0.15) is 5.75 Å². The van der Waals surface area contributed by atoms with Gasteiger partial charge >= 0.3 is 0 Å². The molecule has 0 heterocycles. The van der Waals surface area contributed by atoms with Gasteiger partial charge in [-0.05, 0) is 23.1 Å². The molecule has 0 spiro atoms. The second-order valence-corrected chi connectivity index (χ2v) is 5.91. The predicted molar refractivity (Wildman–Crippen MR) is 68.7 cm³/mol. The van der Waals surface area contributed by atoms with Crippen LogP contribution in [-0.4, -0.2) is 7.11 Å². The maximum atomic E-state index is 6.41. The quantitative estimate of drug-likeness (QED) is 0.712. The molecule has 1 rings (SSSR count). The van der Waals surface area contributed by atoms with Crippen LogP contribution in [0.4, 0.5) is 0 Å². The number of benzene rings is 1. The van der Waals surface area contributed by atoms with Gasteiger partial charge in [0.15, 0.2) is 0 Å². The smallest absolute Gasteiger partial charge is 0.120 e. The molecule has 0 amide bonds. The third kappa shape index (κ3) is 3.12. The van der Waals surface area contributed by atoms with Crippen molar-refractivity contribution in [2.24, 2.45) is 5.41 Å². The Kier molecular flexibility index (Phi) is 4.07. The molecule has 1 aromatic carbocycles. The molecule has 1 unspecified atom stereocenters. The first-order valence-electron chi connectivity index (χ1n) is 4.83. The summed E-state index contributed by atoms with van der Waals surface area (Å²) in [6.07, 6.45) is 0. The summed E-state index contributed by atoms with van der Waals surface area (Å²) in [6.45, 7) is 6.38. The number of alkyl halides is 1. The molecule has 15 heavy (non-hydrogen) atoms. The fourth-order valence-electron chi connectivity index (χ4n) is 1.31. The molecule has 0 aliphatic heterocycles. The van der Waals surface area contributed by atoms with E-state index >= 15 is 0 Å². The zero-order valence-electron chi connectivity index (χ0n) is 9.47. The molecule has 84 valence electrons. The van der Waals surface area contributed by atoms with Crippen LogP contribution in [0.2, 0.25) is 0 Å². The summed E-state index contributed by atoms with van der Waals surface area (Å²) in [6, 6.07) is 5.88. The van der Waals surface area contributed by atoms with Gasteiger partial charge < -0.3 is 4.74 Å². The van der Waals surface area contributed by atoms with Crippen molar-refractivity contribution in [1.82, 2.24) is 0 Å². The largest absolute Gasteiger partial charge is 0.497 e. The molecule has 0 aliphatic rings. The number of halogens is 2. The lowest BCUT2D eigenvalue weighted by atomic mass is 9.87. The van der Waals surface area contributed by atoms with Gasteiger partial charge in [-0.2, -0.15) is 0 Å². The van der Waals surface area contributed by atoms with E-state index in [1.807, 2.05) is 18.2 Å². The van der Waals surface area contributed by atoms with Gasteiger partial charge in [0.25, 0.3) is 0 Å². The molecular formula is C12H16BrClO. The summed E-state index contributed by atoms with van der Waals surface area (Å²) in [4.78, 5) is 0. The summed E-state index contributed by atoms with van der Waals surface area (Å²) >= 11 is 9.93. The Hall–Kier alpha value is -0.210. The van der Waals surface area contributed by atoms with Crippen molar-refractivity contribution in [3.8, 4) is 5.75 Å². The SMILES string of the molecule is COc1ccc(C(Cl)C(C)(C)C)c(Br)c1. The van der Waals surface area contributed by atoms with Crippen LogP contribution in [0.15, 0.2) is 22.7 Å². The van der Waals surface area contributed by atoms with E-state index in [1.54, 1.807) is 7.11 Å². The Labute approximate surface area is 105 Å². The molecule has 0 aromatic heterocycles. The zero-order valence-corrected chi connectivity index (χ0v) is 11.8. The Morgan fingerprint density at radius 2 is 1.93 bits per heavy atom. The van der Waals surface area contributed by atoms with Crippen molar-refractivity contribution in [3.63, 3.8) is 0 Å². The lowest BCUT2D eigenvalue weighted by Gasteiger charge is -2.26. The van der Waals surface area contributed by atoms with Gasteiger partial charge in [0.05, 0.1) is 12.5 Å². The van der Waals surface area contributed by atoms with E-state index in [9.17, 15) is 0 Å². The predicted octanol–water partition coefficient (Wildman–Crippen LogP) is 4.78. The third-order valence-corrected chi connectivity index (χ3v) is 3.82. The number of methoxy groups -OCH3 is 1. The average molecular weight is 292 g/mol. The summed E-state index contributed by atoms with van der Waals surface area (Å²) in [5.41, 5.74) is 1.14. The molecule has 0 saturated heterocycles. The van der Waals surface area contributed by atoms with E-state index in [0.29, 0.717) is 0 Å². The highest BCUT2D eigenvalue weighted by atomic mass is 79.9. The lowest BCUT2D eigenvalue weighted by Crippen LogP contribution is -2.13. The van der Waals surface area contributed by atoms with Crippen LogP contribution in [-0.2, 0) is 0 Å². The second kappa shape index (κ2) is 4.75. The average Bonchev–Trinajstić information content (AvgIpc) is 2.15. The van der Waals surface area contributed by atoms with Crippen LogP contribution in [0.5, 0.6) is 5.75 Å². The number of hydrogen-bond donors (Lipinski definition) is 0. The van der Waals surface area contributed by atoms with E-state index in [4.69, 9.17) is 16.3 Å². The third-order valence-electron chi connectivity index (χ3n) is 2.24. The van der Waals surface area contributed by atoms with Crippen molar-refractivity contribution in [3.05, 3.63) is 28.2 Å². The van der Waals surface area contributed by atoms with E-state index in [1.165, 1.54) is 0 Å². The number of hydrogen-bond acceptors (Lipinski definition) is 1. The Morgan fingerprint density at radius 3 is 2.33 bits per heavy atom. The van der Waals surface area contributed by atoms with Gasteiger partial charge in [0.2, 0.25) is 0 Å². The van der Waals surface area contributed by atoms with E-state index in [2.05, 4.69) is 36.7 Å². The molecule has 3 heteroatoms. The highest BCUT2D eigenvalue weighted by molar-refractivity contribution is 9.10. The van der Waals surface area contributed by atoms with Crippen LogP contribution >= 0.6 is 27.5 Å². The molecule has 0 radical (unpaired) electrons. The first-order chi connectivity index (χ1) is 6.86. The molecule has 0 bridgehead atoms. The van der Waals surface area contributed by atoms with Crippen molar-refractivity contribution in [2.45, 2.75) is 26.1 Å². The first kappa shape index (κ1) is 12.9. The minimum absolute atomic E-state index is 0.0159. The summed E-state index contributed by atoms with van der Waals surface area (Å²) < 4.78 is 6.14. The summed E-state index contributed by atoms with van der Waals surface area (Å²) in [5.74, 6) is 0.836. The molecule has 0 N–H and O–H groups in total.